The van der Waals surface area contributed by atoms with E-state index in [2.05, 4.69) is 72.5 Å². The number of aromatic amines is 2. The summed E-state index contributed by atoms with van der Waals surface area (Å²) in [5, 5.41) is 9.56. The van der Waals surface area contributed by atoms with Crippen molar-refractivity contribution in [1.82, 2.24) is 20.2 Å². The van der Waals surface area contributed by atoms with E-state index in [1.807, 2.05) is 44.2 Å². The van der Waals surface area contributed by atoms with Crippen molar-refractivity contribution >= 4 is 33.8 Å². The monoisotopic (exact) mass is 394 g/mol. The van der Waals surface area contributed by atoms with Crippen LogP contribution < -0.4 is 4.90 Å². The van der Waals surface area contributed by atoms with Crippen LogP contribution in [0.25, 0.3) is 32.9 Å². The van der Waals surface area contributed by atoms with Gasteiger partial charge < -0.3 is 9.88 Å². The molecule has 0 fully saturated rings. The minimum atomic E-state index is 0.832. The summed E-state index contributed by atoms with van der Waals surface area (Å²) in [7, 11) is 1.81. The molecule has 0 aliphatic heterocycles. The van der Waals surface area contributed by atoms with Crippen molar-refractivity contribution in [2.24, 2.45) is 4.99 Å². The van der Waals surface area contributed by atoms with Gasteiger partial charge in [-0.1, -0.05) is 18.2 Å². The summed E-state index contributed by atoms with van der Waals surface area (Å²) >= 11 is 0. The second-order valence-electron chi connectivity index (χ2n) is 7.21. The number of H-pyrrole nitrogens is 2. The molecule has 3 heterocycles. The molecule has 5 aromatic rings. The van der Waals surface area contributed by atoms with Crippen LogP contribution in [0.1, 0.15) is 5.56 Å². The molecule has 2 aromatic carbocycles. The Morgan fingerprint density at radius 2 is 1.90 bits per heavy atom. The molecule has 0 aliphatic rings. The van der Waals surface area contributed by atoms with Crippen molar-refractivity contribution in [2.75, 3.05) is 18.5 Å². The Balaban J connectivity index is 1.56. The molecule has 148 valence electrons. The average Bonchev–Trinajstić information content (AvgIpc) is 3.46. The fraction of sp³-hybridized carbons (Fsp3) is 0.125. The van der Waals surface area contributed by atoms with Gasteiger partial charge in [-0.2, -0.15) is 5.10 Å². The lowest BCUT2D eigenvalue weighted by Gasteiger charge is -2.21. The fourth-order valence-electron chi connectivity index (χ4n) is 4.00. The van der Waals surface area contributed by atoms with Gasteiger partial charge in [-0.25, -0.2) is 0 Å². The standard InChI is InChI=1S/C24H22N6/c1-25-16-30(14-10-17-7-11-26-12-8-17)23-6-5-19(24-20(23)9-13-27-24)18-3-2-4-22-21(18)15-28-29-22/h2-9,11-13,15-16,27H,10,14H2,1H3,(H,28,29)/b25-16+. The SMILES string of the molecule is C/N=C/N(CCc1ccncc1)c1ccc(-c2cccc3[nH]ncc23)c2[nH]ccc12. The Labute approximate surface area is 174 Å². The van der Waals surface area contributed by atoms with Crippen LogP contribution in [-0.2, 0) is 6.42 Å². The van der Waals surface area contributed by atoms with E-state index >= 15 is 0 Å². The van der Waals surface area contributed by atoms with Gasteiger partial charge in [-0.3, -0.25) is 15.1 Å². The number of anilines is 1. The number of hydrogen-bond donors (Lipinski definition) is 2. The van der Waals surface area contributed by atoms with Crippen molar-refractivity contribution < 1.29 is 0 Å². The van der Waals surface area contributed by atoms with Gasteiger partial charge in [0.2, 0.25) is 0 Å². The van der Waals surface area contributed by atoms with Crippen molar-refractivity contribution in [1.29, 1.82) is 0 Å². The predicted octanol–water partition coefficient (Wildman–Crippen LogP) is 4.81. The van der Waals surface area contributed by atoms with Gasteiger partial charge >= 0.3 is 0 Å². The predicted molar refractivity (Wildman–Crippen MR) is 123 cm³/mol. The van der Waals surface area contributed by atoms with Crippen molar-refractivity contribution in [3.8, 4) is 11.1 Å². The minimum absolute atomic E-state index is 0.832. The van der Waals surface area contributed by atoms with E-state index in [1.165, 1.54) is 10.9 Å². The van der Waals surface area contributed by atoms with Crippen LogP contribution in [0.4, 0.5) is 5.69 Å². The van der Waals surface area contributed by atoms with Crippen LogP contribution in [-0.4, -0.2) is 40.1 Å². The van der Waals surface area contributed by atoms with E-state index in [-0.39, 0.29) is 0 Å². The number of aromatic nitrogens is 4. The zero-order chi connectivity index (χ0) is 20.3. The maximum atomic E-state index is 4.30. The van der Waals surface area contributed by atoms with Gasteiger partial charge in [-0.05, 0) is 47.9 Å². The van der Waals surface area contributed by atoms with Gasteiger partial charge in [0.05, 0.1) is 29.3 Å². The molecule has 2 N–H and O–H groups in total. The van der Waals surface area contributed by atoms with Crippen LogP contribution in [0.3, 0.4) is 0 Å². The third-order valence-electron chi connectivity index (χ3n) is 5.43. The van der Waals surface area contributed by atoms with Gasteiger partial charge in [0.1, 0.15) is 0 Å². The highest BCUT2D eigenvalue weighted by Gasteiger charge is 2.15. The highest BCUT2D eigenvalue weighted by Crippen LogP contribution is 2.36. The third kappa shape index (κ3) is 3.22. The number of aliphatic imine (C=N–C) groups is 1. The molecule has 0 unspecified atom stereocenters. The molecule has 0 atom stereocenters. The molecule has 0 bridgehead atoms. The minimum Gasteiger partial charge on any atom is -0.361 e. The van der Waals surface area contributed by atoms with Gasteiger partial charge in [-0.15, -0.1) is 0 Å². The largest absolute Gasteiger partial charge is 0.361 e. The highest BCUT2D eigenvalue weighted by atomic mass is 15.1. The van der Waals surface area contributed by atoms with Crippen LogP contribution in [0.2, 0.25) is 0 Å². The topological polar surface area (TPSA) is 73.0 Å². The van der Waals surface area contributed by atoms with E-state index in [0.717, 1.165) is 46.2 Å². The lowest BCUT2D eigenvalue weighted by atomic mass is 9.99. The molecule has 0 amide bonds. The average molecular weight is 394 g/mol. The highest BCUT2D eigenvalue weighted by molar-refractivity contribution is 6.08. The Hall–Kier alpha value is -3.93. The summed E-state index contributed by atoms with van der Waals surface area (Å²) in [5.41, 5.74) is 6.86. The van der Waals surface area contributed by atoms with Gasteiger partial charge in [0, 0.05) is 48.5 Å². The molecule has 6 nitrogen and oxygen atoms in total. The van der Waals surface area contributed by atoms with Crippen LogP contribution >= 0.6 is 0 Å². The first-order chi connectivity index (χ1) is 14.8. The fourth-order valence-corrected chi connectivity index (χ4v) is 4.00. The molecular formula is C24H22N6. The molecule has 5 rings (SSSR count). The van der Waals surface area contributed by atoms with Crippen molar-refractivity contribution in [3.63, 3.8) is 0 Å². The maximum Gasteiger partial charge on any atom is 0.0891 e. The number of hydrogen-bond acceptors (Lipinski definition) is 3. The van der Waals surface area contributed by atoms with E-state index in [9.17, 15) is 0 Å². The zero-order valence-corrected chi connectivity index (χ0v) is 16.7. The van der Waals surface area contributed by atoms with Crippen LogP contribution in [0, 0.1) is 0 Å². The van der Waals surface area contributed by atoms with Crippen LogP contribution in [0.15, 0.2) is 78.3 Å². The molecule has 3 aromatic heterocycles. The van der Waals surface area contributed by atoms with E-state index < -0.39 is 0 Å². The second kappa shape index (κ2) is 7.83. The Bertz CT molecular complexity index is 1320. The smallest absolute Gasteiger partial charge is 0.0891 e. The summed E-state index contributed by atoms with van der Waals surface area (Å²) < 4.78 is 0. The summed E-state index contributed by atoms with van der Waals surface area (Å²) in [6.07, 6.45) is 10.4. The summed E-state index contributed by atoms with van der Waals surface area (Å²) in [4.78, 5) is 14.1. The molecule has 0 aliphatic carbocycles. The number of benzene rings is 2. The molecule has 0 saturated carbocycles. The number of nitrogens with zero attached hydrogens (tertiary/aromatic N) is 4. The van der Waals surface area contributed by atoms with E-state index in [4.69, 9.17) is 0 Å². The molecule has 0 saturated heterocycles. The first kappa shape index (κ1) is 18.1. The number of rotatable bonds is 6. The maximum absolute atomic E-state index is 4.30. The zero-order valence-electron chi connectivity index (χ0n) is 16.7. The molecular weight excluding hydrogens is 372 g/mol. The van der Waals surface area contributed by atoms with E-state index in [0.29, 0.717) is 0 Å². The second-order valence-corrected chi connectivity index (χ2v) is 7.21. The van der Waals surface area contributed by atoms with Gasteiger partial charge in [0.25, 0.3) is 0 Å². The summed E-state index contributed by atoms with van der Waals surface area (Å²) in [6.45, 7) is 0.832. The number of fused-ring (bicyclic) bond motifs is 2. The first-order valence-electron chi connectivity index (χ1n) is 9.95. The number of pyridine rings is 1. The molecule has 0 radical (unpaired) electrons. The molecule has 6 heteroatoms. The Morgan fingerprint density at radius 3 is 2.77 bits per heavy atom. The lowest BCUT2D eigenvalue weighted by Crippen LogP contribution is -2.24. The quantitative estimate of drug-likeness (QED) is 0.320. The molecule has 0 spiro atoms. The van der Waals surface area contributed by atoms with E-state index in [1.54, 1.807) is 0 Å². The van der Waals surface area contributed by atoms with Crippen molar-refractivity contribution in [2.45, 2.75) is 6.42 Å². The number of nitrogens with one attached hydrogen (secondary N) is 2. The Morgan fingerprint density at radius 1 is 1.00 bits per heavy atom. The summed E-state index contributed by atoms with van der Waals surface area (Å²) in [6, 6.07) is 16.9. The Kier molecular flexibility index (Phi) is 4.73. The summed E-state index contributed by atoms with van der Waals surface area (Å²) in [5.74, 6) is 0. The van der Waals surface area contributed by atoms with Gasteiger partial charge in [0.15, 0.2) is 0 Å². The normalized spacial score (nSPS) is 11.6. The van der Waals surface area contributed by atoms with Crippen molar-refractivity contribution in [3.05, 3.63) is 78.9 Å². The first-order valence-corrected chi connectivity index (χ1v) is 9.95. The third-order valence-corrected chi connectivity index (χ3v) is 5.43. The lowest BCUT2D eigenvalue weighted by molar-refractivity contribution is 0.941. The molecule has 30 heavy (non-hydrogen) atoms. The van der Waals surface area contributed by atoms with Crippen LogP contribution in [0.5, 0.6) is 0 Å².